The summed E-state index contributed by atoms with van der Waals surface area (Å²) in [5.41, 5.74) is 1.11. The minimum atomic E-state index is -0.0689. The monoisotopic (exact) mass is 216 g/mol. The number of benzene rings is 1. The summed E-state index contributed by atoms with van der Waals surface area (Å²) in [6.07, 6.45) is 1.56. The van der Waals surface area contributed by atoms with Gasteiger partial charge in [0.2, 0.25) is 5.78 Å². The number of hydrogen-bond donors (Lipinski definition) is 1. The Hall–Kier alpha value is -2.10. The van der Waals surface area contributed by atoms with Crippen LogP contribution in [0, 0.1) is 0 Å². The molecule has 0 unspecified atom stereocenters. The number of hydrogen-bond acceptors (Lipinski definition) is 3. The zero-order valence-corrected chi connectivity index (χ0v) is 8.93. The Labute approximate surface area is 93.3 Å². The maximum atomic E-state index is 11.9. The number of ketones is 1. The van der Waals surface area contributed by atoms with Gasteiger partial charge in [-0.1, -0.05) is 0 Å². The van der Waals surface area contributed by atoms with Gasteiger partial charge in [-0.15, -0.1) is 0 Å². The summed E-state index contributed by atoms with van der Waals surface area (Å²) in [4.78, 5) is 11.9. The van der Waals surface area contributed by atoms with Gasteiger partial charge in [-0.3, -0.25) is 9.89 Å². The Morgan fingerprint density at radius 1 is 1.31 bits per heavy atom. The Kier molecular flexibility index (Phi) is 3.00. The SMILES string of the molecule is CCOc1ccc(C(=O)c2ccn[nH]2)cc1. The highest BCUT2D eigenvalue weighted by Gasteiger charge is 2.09. The molecule has 1 heterocycles. The molecule has 2 aromatic rings. The molecule has 0 fully saturated rings. The fourth-order valence-electron chi connectivity index (χ4n) is 1.41. The molecule has 0 atom stereocenters. The number of H-pyrrole nitrogens is 1. The third-order valence-corrected chi connectivity index (χ3v) is 2.17. The number of aromatic nitrogens is 2. The van der Waals surface area contributed by atoms with Crippen molar-refractivity contribution >= 4 is 5.78 Å². The van der Waals surface area contributed by atoms with E-state index in [1.807, 2.05) is 6.92 Å². The van der Waals surface area contributed by atoms with Gasteiger partial charge in [0.25, 0.3) is 0 Å². The van der Waals surface area contributed by atoms with E-state index < -0.39 is 0 Å². The second-order valence-electron chi connectivity index (χ2n) is 3.26. The highest BCUT2D eigenvalue weighted by Crippen LogP contribution is 2.14. The lowest BCUT2D eigenvalue weighted by atomic mass is 10.1. The van der Waals surface area contributed by atoms with Crippen molar-refractivity contribution in [1.29, 1.82) is 0 Å². The van der Waals surface area contributed by atoms with Crippen molar-refractivity contribution in [3.05, 3.63) is 47.8 Å². The lowest BCUT2D eigenvalue weighted by Crippen LogP contribution is -2.01. The fourth-order valence-corrected chi connectivity index (χ4v) is 1.41. The van der Waals surface area contributed by atoms with Gasteiger partial charge < -0.3 is 4.74 Å². The van der Waals surface area contributed by atoms with Crippen LogP contribution in [0.3, 0.4) is 0 Å². The van der Waals surface area contributed by atoms with Crippen LogP contribution in [0.25, 0.3) is 0 Å². The number of ether oxygens (including phenoxy) is 1. The van der Waals surface area contributed by atoms with Crippen molar-refractivity contribution in [2.45, 2.75) is 6.92 Å². The summed E-state index contributed by atoms with van der Waals surface area (Å²) < 4.78 is 5.30. The molecule has 0 amide bonds. The lowest BCUT2D eigenvalue weighted by Gasteiger charge is -2.03. The molecule has 1 aromatic heterocycles. The first kappa shape index (κ1) is 10.4. The third kappa shape index (κ3) is 2.11. The average Bonchev–Trinajstić information content (AvgIpc) is 2.83. The van der Waals surface area contributed by atoms with E-state index in [2.05, 4.69) is 10.2 Å². The number of carbonyl (C=O) groups is 1. The summed E-state index contributed by atoms with van der Waals surface area (Å²) in [6.45, 7) is 2.54. The van der Waals surface area contributed by atoms with Gasteiger partial charge in [0.1, 0.15) is 11.4 Å². The van der Waals surface area contributed by atoms with Crippen LogP contribution < -0.4 is 4.74 Å². The smallest absolute Gasteiger partial charge is 0.210 e. The normalized spacial score (nSPS) is 10.1. The van der Waals surface area contributed by atoms with Crippen molar-refractivity contribution in [3.8, 4) is 5.75 Å². The largest absolute Gasteiger partial charge is 0.494 e. The summed E-state index contributed by atoms with van der Waals surface area (Å²) in [6, 6.07) is 8.71. The first-order valence-electron chi connectivity index (χ1n) is 5.08. The maximum Gasteiger partial charge on any atom is 0.210 e. The zero-order valence-electron chi connectivity index (χ0n) is 8.93. The number of nitrogens with zero attached hydrogens (tertiary/aromatic N) is 1. The van der Waals surface area contributed by atoms with Gasteiger partial charge >= 0.3 is 0 Å². The second-order valence-corrected chi connectivity index (χ2v) is 3.26. The minimum Gasteiger partial charge on any atom is -0.494 e. The molecule has 0 aliphatic carbocycles. The molecule has 0 saturated heterocycles. The predicted molar refractivity (Wildman–Crippen MR) is 59.6 cm³/mol. The maximum absolute atomic E-state index is 11.9. The van der Waals surface area contributed by atoms with Crippen molar-refractivity contribution in [1.82, 2.24) is 10.2 Å². The molecule has 0 aliphatic rings. The van der Waals surface area contributed by atoms with Crippen LogP contribution in [0.15, 0.2) is 36.5 Å². The lowest BCUT2D eigenvalue weighted by molar-refractivity contribution is 0.103. The molecule has 16 heavy (non-hydrogen) atoms. The Balaban J connectivity index is 2.19. The molecule has 1 aromatic carbocycles. The number of nitrogens with one attached hydrogen (secondary N) is 1. The molecule has 0 radical (unpaired) electrons. The van der Waals surface area contributed by atoms with Gasteiger partial charge in [0.05, 0.1) is 6.61 Å². The molecule has 4 heteroatoms. The van der Waals surface area contributed by atoms with Crippen LogP contribution in [-0.2, 0) is 0 Å². The van der Waals surface area contributed by atoms with Crippen LogP contribution in [0.4, 0.5) is 0 Å². The van der Waals surface area contributed by atoms with Gasteiger partial charge in [-0.05, 0) is 37.3 Å². The highest BCUT2D eigenvalue weighted by molar-refractivity contribution is 6.07. The van der Waals surface area contributed by atoms with Crippen LogP contribution in [-0.4, -0.2) is 22.6 Å². The molecule has 0 bridgehead atoms. The number of rotatable bonds is 4. The molecular formula is C12H12N2O2. The topological polar surface area (TPSA) is 55.0 Å². The van der Waals surface area contributed by atoms with Crippen LogP contribution in [0.5, 0.6) is 5.75 Å². The van der Waals surface area contributed by atoms with E-state index in [-0.39, 0.29) is 5.78 Å². The molecule has 0 saturated carbocycles. The molecule has 0 spiro atoms. The quantitative estimate of drug-likeness (QED) is 0.796. The van der Waals surface area contributed by atoms with Crippen LogP contribution in [0.1, 0.15) is 23.0 Å². The standard InChI is InChI=1S/C12H12N2O2/c1-2-16-10-5-3-9(4-6-10)12(15)11-7-8-13-14-11/h3-8H,2H2,1H3,(H,13,14). The van der Waals surface area contributed by atoms with E-state index in [1.54, 1.807) is 36.5 Å². The van der Waals surface area contributed by atoms with Crippen LogP contribution >= 0.6 is 0 Å². The molecule has 82 valence electrons. The van der Waals surface area contributed by atoms with Crippen molar-refractivity contribution in [3.63, 3.8) is 0 Å². The summed E-state index contributed by atoms with van der Waals surface area (Å²) >= 11 is 0. The Bertz CT molecular complexity index is 460. The molecule has 1 N–H and O–H groups in total. The number of carbonyl (C=O) groups excluding carboxylic acids is 1. The first-order chi connectivity index (χ1) is 7.81. The van der Waals surface area contributed by atoms with E-state index in [9.17, 15) is 4.79 Å². The van der Waals surface area contributed by atoms with E-state index in [4.69, 9.17) is 4.74 Å². The van der Waals surface area contributed by atoms with Gasteiger partial charge in [-0.2, -0.15) is 5.10 Å². The summed E-state index contributed by atoms with van der Waals surface area (Å²) in [7, 11) is 0. The van der Waals surface area contributed by atoms with Crippen LogP contribution in [0.2, 0.25) is 0 Å². The van der Waals surface area contributed by atoms with Gasteiger partial charge in [0, 0.05) is 11.8 Å². The van der Waals surface area contributed by atoms with E-state index in [0.717, 1.165) is 5.75 Å². The van der Waals surface area contributed by atoms with Crippen molar-refractivity contribution in [2.75, 3.05) is 6.61 Å². The zero-order chi connectivity index (χ0) is 11.4. The van der Waals surface area contributed by atoms with E-state index >= 15 is 0 Å². The fraction of sp³-hybridized carbons (Fsp3) is 0.167. The van der Waals surface area contributed by atoms with Gasteiger partial charge in [0.15, 0.2) is 0 Å². The van der Waals surface area contributed by atoms with E-state index in [1.165, 1.54) is 0 Å². The minimum absolute atomic E-state index is 0.0689. The highest BCUT2D eigenvalue weighted by atomic mass is 16.5. The molecular weight excluding hydrogens is 204 g/mol. The average molecular weight is 216 g/mol. The predicted octanol–water partition coefficient (Wildman–Crippen LogP) is 2.04. The summed E-state index contributed by atoms with van der Waals surface area (Å²) in [5.74, 6) is 0.698. The second kappa shape index (κ2) is 4.61. The molecule has 0 aliphatic heterocycles. The number of aromatic amines is 1. The first-order valence-corrected chi connectivity index (χ1v) is 5.08. The van der Waals surface area contributed by atoms with E-state index in [0.29, 0.717) is 17.9 Å². The summed E-state index contributed by atoms with van der Waals surface area (Å²) in [5, 5.41) is 6.39. The van der Waals surface area contributed by atoms with Gasteiger partial charge in [-0.25, -0.2) is 0 Å². The van der Waals surface area contributed by atoms with Crippen molar-refractivity contribution in [2.24, 2.45) is 0 Å². The Morgan fingerprint density at radius 2 is 2.06 bits per heavy atom. The Morgan fingerprint density at radius 3 is 2.62 bits per heavy atom. The third-order valence-electron chi connectivity index (χ3n) is 2.17. The molecule has 4 nitrogen and oxygen atoms in total. The molecule has 2 rings (SSSR count). The van der Waals surface area contributed by atoms with Crippen molar-refractivity contribution < 1.29 is 9.53 Å².